The van der Waals surface area contributed by atoms with E-state index >= 15 is 0 Å². The molecule has 128 valence electrons. The number of hydrogen-bond donors (Lipinski definition) is 0. The first-order valence-corrected chi connectivity index (χ1v) is 7.71. The molecule has 0 bridgehead atoms. The van der Waals surface area contributed by atoms with Gasteiger partial charge < -0.3 is 14.4 Å². The van der Waals surface area contributed by atoms with Crippen molar-refractivity contribution in [3.63, 3.8) is 0 Å². The third-order valence-corrected chi connectivity index (χ3v) is 4.05. The normalized spacial score (nSPS) is 20.6. The number of aromatic nitrogens is 2. The molecule has 0 N–H and O–H groups in total. The van der Waals surface area contributed by atoms with Crippen molar-refractivity contribution in [1.29, 1.82) is 0 Å². The average Bonchev–Trinajstić information content (AvgIpc) is 3.17. The van der Waals surface area contributed by atoms with Gasteiger partial charge in [-0.3, -0.25) is 19.3 Å². The Labute approximate surface area is 138 Å². The maximum absolute atomic E-state index is 12.3. The molecule has 24 heavy (non-hydrogen) atoms. The van der Waals surface area contributed by atoms with Crippen LogP contribution in [-0.4, -0.2) is 70.3 Å². The van der Waals surface area contributed by atoms with Gasteiger partial charge in [0.2, 0.25) is 17.7 Å². The van der Waals surface area contributed by atoms with Crippen LogP contribution in [0.2, 0.25) is 0 Å². The minimum Gasteiger partial charge on any atom is -0.477 e. The van der Waals surface area contributed by atoms with E-state index in [4.69, 9.17) is 9.47 Å². The molecule has 2 aliphatic rings. The molecule has 9 nitrogen and oxygen atoms in total. The van der Waals surface area contributed by atoms with E-state index in [2.05, 4.69) is 9.97 Å². The van der Waals surface area contributed by atoms with Crippen LogP contribution in [0.4, 0.5) is 0 Å². The topological polar surface area (TPSA) is 102 Å². The molecule has 0 spiro atoms. The second-order valence-corrected chi connectivity index (χ2v) is 5.61. The number of imide groups is 1. The van der Waals surface area contributed by atoms with E-state index in [0.29, 0.717) is 19.5 Å². The SMILES string of the molecule is COc1nccnc1OC1CCN(C(=O)CN2C(=O)CCC2=O)C1. The van der Waals surface area contributed by atoms with Gasteiger partial charge in [0.05, 0.1) is 13.7 Å². The van der Waals surface area contributed by atoms with E-state index in [-0.39, 0.29) is 55.0 Å². The van der Waals surface area contributed by atoms with Crippen molar-refractivity contribution in [3.8, 4) is 11.8 Å². The fraction of sp³-hybridized carbons (Fsp3) is 0.533. The van der Waals surface area contributed by atoms with Crippen LogP contribution in [0, 0.1) is 0 Å². The van der Waals surface area contributed by atoms with Crippen molar-refractivity contribution >= 4 is 17.7 Å². The summed E-state index contributed by atoms with van der Waals surface area (Å²) in [5.41, 5.74) is 0. The number of methoxy groups -OCH3 is 1. The Hall–Kier alpha value is -2.71. The van der Waals surface area contributed by atoms with Gasteiger partial charge in [-0.25, -0.2) is 9.97 Å². The number of nitrogens with zero attached hydrogens (tertiary/aromatic N) is 4. The van der Waals surface area contributed by atoms with Crippen LogP contribution in [-0.2, 0) is 14.4 Å². The van der Waals surface area contributed by atoms with E-state index in [9.17, 15) is 14.4 Å². The molecule has 0 saturated carbocycles. The summed E-state index contributed by atoms with van der Waals surface area (Å²) >= 11 is 0. The van der Waals surface area contributed by atoms with Crippen LogP contribution in [0.15, 0.2) is 12.4 Å². The Morgan fingerprint density at radius 1 is 1.21 bits per heavy atom. The fourth-order valence-electron chi connectivity index (χ4n) is 2.78. The lowest BCUT2D eigenvalue weighted by Gasteiger charge is -2.20. The van der Waals surface area contributed by atoms with Crippen molar-refractivity contribution in [3.05, 3.63) is 12.4 Å². The minimum atomic E-state index is -0.287. The molecule has 1 aromatic rings. The number of carbonyl (C=O) groups is 3. The standard InChI is InChI=1S/C15H18N4O5/c1-23-14-15(17-6-5-16-14)24-10-4-7-18(8-10)13(22)9-19-11(20)2-3-12(19)21/h5-6,10H,2-4,7-9H2,1H3. The van der Waals surface area contributed by atoms with E-state index in [1.54, 1.807) is 4.90 Å². The molecule has 3 amide bonds. The summed E-state index contributed by atoms with van der Waals surface area (Å²) in [5.74, 6) is -0.259. The van der Waals surface area contributed by atoms with Crippen molar-refractivity contribution < 1.29 is 23.9 Å². The molecular formula is C15H18N4O5. The molecule has 0 aromatic carbocycles. The lowest BCUT2D eigenvalue weighted by molar-refractivity contribution is -0.145. The lowest BCUT2D eigenvalue weighted by Crippen LogP contribution is -2.42. The van der Waals surface area contributed by atoms with Crippen LogP contribution in [0.3, 0.4) is 0 Å². The summed E-state index contributed by atoms with van der Waals surface area (Å²) < 4.78 is 10.8. The van der Waals surface area contributed by atoms with E-state index < -0.39 is 0 Å². The minimum absolute atomic E-state index is 0.185. The van der Waals surface area contributed by atoms with Crippen molar-refractivity contribution in [2.45, 2.75) is 25.4 Å². The molecule has 0 aliphatic carbocycles. The molecule has 3 rings (SSSR count). The number of amides is 3. The van der Waals surface area contributed by atoms with Gasteiger partial charge in [0, 0.05) is 38.2 Å². The molecule has 2 fully saturated rings. The van der Waals surface area contributed by atoms with Crippen LogP contribution >= 0.6 is 0 Å². The van der Waals surface area contributed by atoms with Crippen molar-refractivity contribution in [2.24, 2.45) is 0 Å². The van der Waals surface area contributed by atoms with E-state index in [0.717, 1.165) is 4.90 Å². The molecule has 0 radical (unpaired) electrons. The molecule has 9 heteroatoms. The number of likely N-dealkylation sites (tertiary alicyclic amines) is 2. The smallest absolute Gasteiger partial charge is 0.278 e. The quantitative estimate of drug-likeness (QED) is 0.676. The van der Waals surface area contributed by atoms with Crippen LogP contribution in [0.1, 0.15) is 19.3 Å². The first-order chi connectivity index (χ1) is 11.6. The maximum Gasteiger partial charge on any atom is 0.278 e. The highest BCUT2D eigenvalue weighted by molar-refractivity contribution is 6.04. The van der Waals surface area contributed by atoms with E-state index in [1.807, 2.05) is 0 Å². The molecule has 2 saturated heterocycles. The highest BCUT2D eigenvalue weighted by Gasteiger charge is 2.34. The van der Waals surface area contributed by atoms with E-state index in [1.165, 1.54) is 19.5 Å². The van der Waals surface area contributed by atoms with Gasteiger partial charge in [-0.1, -0.05) is 0 Å². The highest BCUT2D eigenvalue weighted by atomic mass is 16.5. The molecule has 2 aliphatic heterocycles. The average molecular weight is 334 g/mol. The lowest BCUT2D eigenvalue weighted by atomic mass is 10.3. The molecule has 1 unspecified atom stereocenters. The zero-order chi connectivity index (χ0) is 17.1. The second kappa shape index (κ2) is 6.81. The number of ether oxygens (including phenoxy) is 2. The monoisotopic (exact) mass is 334 g/mol. The Morgan fingerprint density at radius 3 is 2.54 bits per heavy atom. The molecule has 1 atom stereocenters. The van der Waals surface area contributed by atoms with Crippen LogP contribution in [0.25, 0.3) is 0 Å². The highest BCUT2D eigenvalue weighted by Crippen LogP contribution is 2.24. The molecular weight excluding hydrogens is 316 g/mol. The van der Waals surface area contributed by atoms with Crippen LogP contribution in [0.5, 0.6) is 11.8 Å². The summed E-state index contributed by atoms with van der Waals surface area (Å²) in [6.07, 6.45) is 3.77. The summed E-state index contributed by atoms with van der Waals surface area (Å²) in [4.78, 5) is 46.2. The Balaban J connectivity index is 1.56. The summed E-state index contributed by atoms with van der Waals surface area (Å²) in [5, 5.41) is 0. The third-order valence-electron chi connectivity index (χ3n) is 4.05. The second-order valence-electron chi connectivity index (χ2n) is 5.61. The zero-order valence-corrected chi connectivity index (χ0v) is 13.3. The number of carbonyl (C=O) groups excluding carboxylic acids is 3. The van der Waals surface area contributed by atoms with Crippen molar-refractivity contribution in [1.82, 2.24) is 19.8 Å². The Kier molecular flexibility index (Phi) is 4.59. The van der Waals surface area contributed by atoms with Crippen molar-refractivity contribution in [2.75, 3.05) is 26.7 Å². The van der Waals surface area contributed by atoms with Gasteiger partial charge in [-0.15, -0.1) is 0 Å². The number of hydrogen-bond acceptors (Lipinski definition) is 7. The largest absolute Gasteiger partial charge is 0.477 e. The summed E-state index contributed by atoms with van der Waals surface area (Å²) in [6, 6.07) is 0. The van der Waals surface area contributed by atoms with Gasteiger partial charge in [-0.05, 0) is 0 Å². The first kappa shape index (κ1) is 16.2. The van der Waals surface area contributed by atoms with Gasteiger partial charge >= 0.3 is 0 Å². The first-order valence-electron chi connectivity index (χ1n) is 7.71. The van der Waals surface area contributed by atoms with Gasteiger partial charge in [0.1, 0.15) is 12.6 Å². The zero-order valence-electron chi connectivity index (χ0n) is 13.3. The van der Waals surface area contributed by atoms with Gasteiger partial charge in [-0.2, -0.15) is 0 Å². The Morgan fingerprint density at radius 2 is 1.88 bits per heavy atom. The van der Waals surface area contributed by atoms with Gasteiger partial charge in [0.15, 0.2) is 0 Å². The predicted molar refractivity (Wildman–Crippen MR) is 80.2 cm³/mol. The fourth-order valence-corrected chi connectivity index (χ4v) is 2.78. The van der Waals surface area contributed by atoms with Crippen LogP contribution < -0.4 is 9.47 Å². The molecule has 1 aromatic heterocycles. The number of rotatable bonds is 5. The maximum atomic E-state index is 12.3. The summed E-state index contributed by atoms with van der Waals surface area (Å²) in [6.45, 7) is 0.677. The predicted octanol–water partition coefficient (Wildman–Crippen LogP) is -0.386. The Bertz CT molecular complexity index is 649. The van der Waals surface area contributed by atoms with Gasteiger partial charge in [0.25, 0.3) is 11.8 Å². The molecule has 3 heterocycles. The third kappa shape index (κ3) is 3.29. The summed E-state index contributed by atoms with van der Waals surface area (Å²) in [7, 11) is 1.48.